The first-order chi connectivity index (χ1) is 15.2. The minimum absolute atomic E-state index is 0.131. The van der Waals surface area contributed by atoms with Crippen LogP contribution in [0.1, 0.15) is 29.0 Å². The standard InChI is InChI=1S/C24H20FN5S/c25-18-5-3-6-19(15-18)29-14-4-8-21(29)23-22(20-7-1-2-11-27-20)28-24(31)30(23)16-17-9-12-26-13-10-17/h1-15,22-23H,16H2,(H,28,31)/t22-,23-/m1/s1. The average molecular weight is 430 g/mol. The molecular weight excluding hydrogens is 409 g/mol. The first-order valence-corrected chi connectivity index (χ1v) is 10.4. The summed E-state index contributed by atoms with van der Waals surface area (Å²) in [5, 5.41) is 4.12. The number of nitrogens with one attached hydrogen (secondary N) is 1. The predicted molar refractivity (Wildman–Crippen MR) is 121 cm³/mol. The number of hydrogen-bond donors (Lipinski definition) is 1. The highest BCUT2D eigenvalue weighted by molar-refractivity contribution is 7.80. The van der Waals surface area contributed by atoms with Gasteiger partial charge in [-0.2, -0.15) is 0 Å². The number of benzene rings is 1. The van der Waals surface area contributed by atoms with Gasteiger partial charge in [-0.25, -0.2) is 4.39 Å². The van der Waals surface area contributed by atoms with Crippen LogP contribution in [0.15, 0.2) is 91.5 Å². The zero-order valence-electron chi connectivity index (χ0n) is 16.6. The molecular formula is C24H20FN5S. The summed E-state index contributed by atoms with van der Waals surface area (Å²) in [5.74, 6) is -0.271. The summed E-state index contributed by atoms with van der Waals surface area (Å²) in [6, 6.07) is 20.2. The van der Waals surface area contributed by atoms with Crippen molar-refractivity contribution in [2.45, 2.75) is 18.6 Å². The van der Waals surface area contributed by atoms with Crippen LogP contribution in [0.2, 0.25) is 0 Å². The summed E-state index contributed by atoms with van der Waals surface area (Å²) >= 11 is 5.75. The number of halogens is 1. The van der Waals surface area contributed by atoms with Gasteiger partial charge in [0.25, 0.3) is 0 Å². The van der Waals surface area contributed by atoms with Crippen LogP contribution in [0.3, 0.4) is 0 Å². The normalized spacial score (nSPS) is 18.2. The van der Waals surface area contributed by atoms with Gasteiger partial charge in [-0.15, -0.1) is 0 Å². The molecule has 3 aromatic heterocycles. The van der Waals surface area contributed by atoms with Gasteiger partial charge in [0.05, 0.1) is 17.8 Å². The van der Waals surface area contributed by atoms with Gasteiger partial charge in [0, 0.05) is 42.7 Å². The molecule has 4 heterocycles. The summed E-state index contributed by atoms with van der Waals surface area (Å²) in [6.07, 6.45) is 7.30. The Hall–Kier alpha value is -3.58. The monoisotopic (exact) mass is 429 g/mol. The number of aromatic nitrogens is 3. The van der Waals surface area contributed by atoms with Crippen molar-refractivity contribution in [3.8, 4) is 5.69 Å². The molecule has 0 amide bonds. The molecule has 0 spiro atoms. The van der Waals surface area contributed by atoms with E-state index in [1.807, 2.05) is 53.2 Å². The van der Waals surface area contributed by atoms with Crippen molar-refractivity contribution in [3.63, 3.8) is 0 Å². The summed E-state index contributed by atoms with van der Waals surface area (Å²) in [5.41, 5.74) is 3.78. The van der Waals surface area contributed by atoms with Crippen molar-refractivity contribution < 1.29 is 4.39 Å². The van der Waals surface area contributed by atoms with Gasteiger partial charge in [0.2, 0.25) is 0 Å². The van der Waals surface area contributed by atoms with E-state index in [-0.39, 0.29) is 17.9 Å². The van der Waals surface area contributed by atoms with E-state index in [1.165, 1.54) is 12.1 Å². The van der Waals surface area contributed by atoms with Crippen molar-refractivity contribution in [1.82, 2.24) is 24.8 Å². The Morgan fingerprint density at radius 2 is 1.84 bits per heavy atom. The van der Waals surface area contributed by atoms with Crippen molar-refractivity contribution in [2.24, 2.45) is 0 Å². The fourth-order valence-electron chi connectivity index (χ4n) is 4.08. The zero-order chi connectivity index (χ0) is 21.2. The molecule has 0 unspecified atom stereocenters. The largest absolute Gasteiger partial charge is 0.352 e. The Balaban J connectivity index is 1.61. The van der Waals surface area contributed by atoms with Crippen LogP contribution in [-0.4, -0.2) is 24.5 Å². The Kier molecular flexibility index (Phi) is 5.18. The van der Waals surface area contributed by atoms with Crippen molar-refractivity contribution >= 4 is 17.3 Å². The molecule has 4 aromatic rings. The lowest BCUT2D eigenvalue weighted by Crippen LogP contribution is -2.30. The summed E-state index contributed by atoms with van der Waals surface area (Å²) in [7, 11) is 0. The van der Waals surface area contributed by atoms with E-state index in [2.05, 4.69) is 26.3 Å². The van der Waals surface area contributed by atoms with Crippen LogP contribution in [0.25, 0.3) is 5.69 Å². The maximum absolute atomic E-state index is 14.0. The van der Waals surface area contributed by atoms with Gasteiger partial charge in [-0.3, -0.25) is 9.97 Å². The number of rotatable bonds is 5. The summed E-state index contributed by atoms with van der Waals surface area (Å²) in [4.78, 5) is 10.9. The van der Waals surface area contributed by atoms with Crippen LogP contribution in [0, 0.1) is 5.82 Å². The molecule has 154 valence electrons. The van der Waals surface area contributed by atoms with Crippen LogP contribution < -0.4 is 5.32 Å². The Bertz CT molecular complexity index is 1190. The minimum Gasteiger partial charge on any atom is -0.352 e. The Morgan fingerprint density at radius 1 is 0.968 bits per heavy atom. The molecule has 2 atom stereocenters. The van der Waals surface area contributed by atoms with E-state index in [0.29, 0.717) is 11.7 Å². The second-order valence-corrected chi connectivity index (χ2v) is 7.78. The molecule has 0 saturated carbocycles. The molecule has 31 heavy (non-hydrogen) atoms. The van der Waals surface area contributed by atoms with Crippen LogP contribution >= 0.6 is 12.2 Å². The van der Waals surface area contributed by atoms with Crippen molar-refractivity contribution in [2.75, 3.05) is 0 Å². The fourth-order valence-corrected chi connectivity index (χ4v) is 4.38. The smallest absolute Gasteiger partial charge is 0.170 e. The molecule has 1 aliphatic heterocycles. The van der Waals surface area contributed by atoms with Gasteiger partial charge in [-0.1, -0.05) is 12.1 Å². The number of pyridine rings is 2. The lowest BCUT2D eigenvalue weighted by Gasteiger charge is -2.29. The van der Waals surface area contributed by atoms with Gasteiger partial charge in [0.1, 0.15) is 5.82 Å². The molecule has 0 bridgehead atoms. The van der Waals surface area contributed by atoms with Crippen LogP contribution in [-0.2, 0) is 6.54 Å². The molecule has 1 N–H and O–H groups in total. The van der Waals surface area contributed by atoms with Crippen LogP contribution in [0.4, 0.5) is 4.39 Å². The molecule has 0 radical (unpaired) electrons. The topological polar surface area (TPSA) is 46.0 Å². The van der Waals surface area contributed by atoms with E-state index < -0.39 is 0 Å². The van der Waals surface area contributed by atoms with Crippen molar-refractivity contribution in [1.29, 1.82) is 0 Å². The Labute approximate surface area is 185 Å². The lowest BCUT2D eigenvalue weighted by atomic mass is 10.0. The molecule has 5 nitrogen and oxygen atoms in total. The third kappa shape index (κ3) is 3.80. The molecule has 5 rings (SSSR count). The number of nitrogens with zero attached hydrogens (tertiary/aromatic N) is 4. The van der Waals surface area contributed by atoms with Gasteiger partial charge in [-0.05, 0) is 72.4 Å². The molecule has 1 aliphatic rings. The van der Waals surface area contributed by atoms with Gasteiger partial charge in [0.15, 0.2) is 5.11 Å². The number of hydrogen-bond acceptors (Lipinski definition) is 3. The maximum Gasteiger partial charge on any atom is 0.170 e. The van der Waals surface area contributed by atoms with Gasteiger partial charge >= 0.3 is 0 Å². The van der Waals surface area contributed by atoms with Crippen LogP contribution in [0.5, 0.6) is 0 Å². The van der Waals surface area contributed by atoms with E-state index in [0.717, 1.165) is 22.6 Å². The third-order valence-electron chi connectivity index (χ3n) is 5.47. The average Bonchev–Trinajstić information content (AvgIpc) is 3.40. The van der Waals surface area contributed by atoms with E-state index in [1.54, 1.807) is 24.7 Å². The van der Waals surface area contributed by atoms with Crippen molar-refractivity contribution in [3.05, 3.63) is 114 Å². The van der Waals surface area contributed by atoms with E-state index in [9.17, 15) is 4.39 Å². The molecule has 0 aliphatic carbocycles. The highest BCUT2D eigenvalue weighted by atomic mass is 32.1. The highest BCUT2D eigenvalue weighted by Gasteiger charge is 2.41. The highest BCUT2D eigenvalue weighted by Crippen LogP contribution is 2.40. The predicted octanol–water partition coefficient (Wildman–Crippen LogP) is 4.58. The minimum atomic E-state index is -0.271. The molecule has 1 aromatic carbocycles. The van der Waals surface area contributed by atoms with E-state index >= 15 is 0 Å². The second-order valence-electron chi connectivity index (χ2n) is 7.39. The summed E-state index contributed by atoms with van der Waals surface area (Å²) in [6.45, 7) is 0.622. The second kappa shape index (κ2) is 8.28. The Morgan fingerprint density at radius 3 is 2.61 bits per heavy atom. The molecule has 1 fully saturated rings. The first kappa shape index (κ1) is 19.4. The zero-order valence-corrected chi connectivity index (χ0v) is 17.4. The molecule has 1 saturated heterocycles. The summed E-state index contributed by atoms with van der Waals surface area (Å²) < 4.78 is 16.0. The lowest BCUT2D eigenvalue weighted by molar-refractivity contribution is 0.302. The van der Waals surface area contributed by atoms with Gasteiger partial charge < -0.3 is 14.8 Å². The number of thiocarbonyl (C=S) groups is 1. The quantitative estimate of drug-likeness (QED) is 0.471. The first-order valence-electron chi connectivity index (χ1n) is 10.0. The maximum atomic E-state index is 14.0. The molecule has 7 heteroatoms. The third-order valence-corrected chi connectivity index (χ3v) is 5.82. The van der Waals surface area contributed by atoms with E-state index in [4.69, 9.17) is 12.2 Å². The SMILES string of the molecule is Fc1cccc(-n2cccc2[C@@H]2[C@@H](c3ccccn3)NC(=S)N2Cc2ccncc2)c1. The fraction of sp³-hybridized carbons (Fsp3) is 0.125.